The fourth-order valence-corrected chi connectivity index (χ4v) is 1.13. The van der Waals surface area contributed by atoms with Crippen molar-refractivity contribution in [2.75, 3.05) is 13.2 Å². The number of hydrogen-bond donors (Lipinski definition) is 1. The predicted molar refractivity (Wildman–Crippen MR) is 62.3 cm³/mol. The molecule has 0 saturated heterocycles. The third-order valence-electron chi connectivity index (χ3n) is 2.09. The zero-order valence-electron chi connectivity index (χ0n) is 10.2. The molecule has 0 amide bonds. The van der Waals surface area contributed by atoms with Gasteiger partial charge in [-0.25, -0.2) is 9.59 Å². The van der Waals surface area contributed by atoms with Gasteiger partial charge in [0.15, 0.2) is 6.10 Å². The molecular weight excluding hydrogens is 224 g/mol. The first-order valence-electron chi connectivity index (χ1n) is 5.72. The molecule has 0 aliphatic heterocycles. The summed E-state index contributed by atoms with van der Waals surface area (Å²) >= 11 is 0. The minimum Gasteiger partial charge on any atom is -0.463 e. The van der Waals surface area contributed by atoms with Gasteiger partial charge in [0.2, 0.25) is 0 Å². The van der Waals surface area contributed by atoms with E-state index in [9.17, 15) is 9.59 Å². The lowest BCUT2D eigenvalue weighted by Gasteiger charge is -2.11. The van der Waals surface area contributed by atoms with Gasteiger partial charge >= 0.3 is 11.9 Å². The number of carbonyl (C=O) groups is 2. The molecule has 0 fully saturated rings. The summed E-state index contributed by atoms with van der Waals surface area (Å²) in [5, 5.41) is 8.55. The highest BCUT2D eigenvalue weighted by Gasteiger charge is 2.17. The van der Waals surface area contributed by atoms with Gasteiger partial charge in [-0.15, -0.1) is 0 Å². The van der Waals surface area contributed by atoms with E-state index in [0.717, 1.165) is 31.8 Å². The van der Waals surface area contributed by atoms with Gasteiger partial charge in [-0.1, -0.05) is 13.0 Å². The minimum absolute atomic E-state index is 0.189. The maximum atomic E-state index is 11.3. The summed E-state index contributed by atoms with van der Waals surface area (Å²) in [4.78, 5) is 22.1. The monoisotopic (exact) mass is 244 g/mol. The average Bonchev–Trinajstić information content (AvgIpc) is 2.32. The molecule has 0 aliphatic carbocycles. The summed E-state index contributed by atoms with van der Waals surface area (Å²) < 4.78 is 9.61. The van der Waals surface area contributed by atoms with Crippen molar-refractivity contribution in [3.05, 3.63) is 12.7 Å². The van der Waals surface area contributed by atoms with Crippen LogP contribution in [0.4, 0.5) is 0 Å². The molecule has 0 radical (unpaired) electrons. The molecule has 0 aromatic heterocycles. The van der Waals surface area contributed by atoms with Crippen LogP contribution in [0.2, 0.25) is 0 Å². The molecule has 1 atom stereocenters. The lowest BCUT2D eigenvalue weighted by atomic mass is 10.2. The standard InChI is InChI=1S/C12H20O5/c1-3-11(14)17-10(2)12(15)16-9-7-5-4-6-8-13/h3,10,13H,1,4-9H2,2H3. The van der Waals surface area contributed by atoms with Gasteiger partial charge < -0.3 is 14.6 Å². The second-order valence-electron chi connectivity index (χ2n) is 3.59. The Morgan fingerprint density at radius 2 is 1.94 bits per heavy atom. The molecule has 1 N–H and O–H groups in total. The van der Waals surface area contributed by atoms with E-state index in [0.29, 0.717) is 6.61 Å². The van der Waals surface area contributed by atoms with Crippen LogP contribution in [0.1, 0.15) is 32.6 Å². The molecule has 0 aromatic carbocycles. The number of hydrogen-bond acceptors (Lipinski definition) is 5. The van der Waals surface area contributed by atoms with Crippen LogP contribution in [-0.4, -0.2) is 36.4 Å². The lowest BCUT2D eigenvalue weighted by molar-refractivity contribution is -0.163. The van der Waals surface area contributed by atoms with Crippen LogP contribution in [0, 0.1) is 0 Å². The van der Waals surface area contributed by atoms with Gasteiger partial charge in [-0.05, 0) is 26.2 Å². The van der Waals surface area contributed by atoms with Crippen molar-refractivity contribution < 1.29 is 24.2 Å². The van der Waals surface area contributed by atoms with Crippen LogP contribution < -0.4 is 0 Å². The van der Waals surface area contributed by atoms with E-state index >= 15 is 0 Å². The molecule has 0 aliphatic rings. The number of carbonyl (C=O) groups excluding carboxylic acids is 2. The zero-order valence-corrected chi connectivity index (χ0v) is 10.2. The molecule has 0 aromatic rings. The van der Waals surface area contributed by atoms with E-state index in [2.05, 4.69) is 6.58 Å². The lowest BCUT2D eigenvalue weighted by Crippen LogP contribution is -2.25. The van der Waals surface area contributed by atoms with E-state index in [4.69, 9.17) is 14.6 Å². The van der Waals surface area contributed by atoms with E-state index in [1.165, 1.54) is 6.92 Å². The Morgan fingerprint density at radius 1 is 1.29 bits per heavy atom. The first-order valence-corrected chi connectivity index (χ1v) is 5.72. The summed E-state index contributed by atoms with van der Waals surface area (Å²) in [6, 6.07) is 0. The number of aliphatic hydroxyl groups is 1. The molecule has 0 saturated carbocycles. The quantitative estimate of drug-likeness (QED) is 0.375. The molecule has 17 heavy (non-hydrogen) atoms. The third-order valence-corrected chi connectivity index (χ3v) is 2.09. The van der Waals surface area contributed by atoms with Gasteiger partial charge in [0.1, 0.15) is 0 Å². The Kier molecular flexibility index (Phi) is 9.05. The summed E-state index contributed by atoms with van der Waals surface area (Å²) in [7, 11) is 0. The van der Waals surface area contributed by atoms with Gasteiger partial charge in [-0.2, -0.15) is 0 Å². The highest BCUT2D eigenvalue weighted by atomic mass is 16.6. The Labute approximate surface area is 101 Å². The normalized spacial score (nSPS) is 11.6. The first-order chi connectivity index (χ1) is 8.11. The van der Waals surface area contributed by atoms with Crippen LogP contribution >= 0.6 is 0 Å². The second-order valence-corrected chi connectivity index (χ2v) is 3.59. The molecule has 1 unspecified atom stereocenters. The Hall–Kier alpha value is -1.36. The average molecular weight is 244 g/mol. The van der Waals surface area contributed by atoms with Crippen molar-refractivity contribution in [1.82, 2.24) is 0 Å². The van der Waals surface area contributed by atoms with Crippen molar-refractivity contribution in [3.8, 4) is 0 Å². The third kappa shape index (κ3) is 8.45. The van der Waals surface area contributed by atoms with Crippen molar-refractivity contribution in [3.63, 3.8) is 0 Å². The maximum Gasteiger partial charge on any atom is 0.347 e. The number of ether oxygens (including phenoxy) is 2. The molecule has 5 heteroatoms. The molecule has 0 bridgehead atoms. The van der Waals surface area contributed by atoms with Crippen LogP contribution in [0.25, 0.3) is 0 Å². The highest BCUT2D eigenvalue weighted by molar-refractivity contribution is 5.84. The largest absolute Gasteiger partial charge is 0.463 e. The van der Waals surface area contributed by atoms with Gasteiger partial charge in [0.25, 0.3) is 0 Å². The Balaban J connectivity index is 3.57. The zero-order chi connectivity index (χ0) is 13.1. The van der Waals surface area contributed by atoms with E-state index in [-0.39, 0.29) is 6.61 Å². The molecular formula is C12H20O5. The number of esters is 2. The molecule has 5 nitrogen and oxygen atoms in total. The number of aliphatic hydroxyl groups excluding tert-OH is 1. The van der Waals surface area contributed by atoms with Crippen molar-refractivity contribution in [1.29, 1.82) is 0 Å². The van der Waals surface area contributed by atoms with Gasteiger partial charge in [0.05, 0.1) is 6.61 Å². The van der Waals surface area contributed by atoms with Crippen LogP contribution in [0.15, 0.2) is 12.7 Å². The number of rotatable bonds is 9. The van der Waals surface area contributed by atoms with Crippen LogP contribution in [0.3, 0.4) is 0 Å². The summed E-state index contributed by atoms with van der Waals surface area (Å²) in [5.41, 5.74) is 0. The minimum atomic E-state index is -0.905. The van der Waals surface area contributed by atoms with Crippen molar-refractivity contribution in [2.45, 2.75) is 38.7 Å². The van der Waals surface area contributed by atoms with Crippen LogP contribution in [-0.2, 0) is 19.1 Å². The van der Waals surface area contributed by atoms with Crippen molar-refractivity contribution in [2.24, 2.45) is 0 Å². The van der Waals surface area contributed by atoms with E-state index in [1.54, 1.807) is 0 Å². The number of unbranched alkanes of at least 4 members (excludes halogenated alkanes) is 3. The van der Waals surface area contributed by atoms with E-state index < -0.39 is 18.0 Å². The highest BCUT2D eigenvalue weighted by Crippen LogP contribution is 2.01. The smallest absolute Gasteiger partial charge is 0.347 e. The van der Waals surface area contributed by atoms with Crippen molar-refractivity contribution >= 4 is 11.9 Å². The SMILES string of the molecule is C=CC(=O)OC(C)C(=O)OCCCCCCO. The first kappa shape index (κ1) is 15.6. The molecule has 0 heterocycles. The van der Waals surface area contributed by atoms with Gasteiger partial charge in [-0.3, -0.25) is 0 Å². The summed E-state index contributed by atoms with van der Waals surface area (Å²) in [6.07, 6.45) is 3.41. The second kappa shape index (κ2) is 9.84. The Bertz CT molecular complexity index is 249. The fraction of sp³-hybridized carbons (Fsp3) is 0.667. The van der Waals surface area contributed by atoms with Gasteiger partial charge in [0, 0.05) is 12.7 Å². The molecule has 0 rings (SSSR count). The molecule has 0 spiro atoms. The predicted octanol–water partition coefficient (Wildman–Crippen LogP) is 1.20. The Morgan fingerprint density at radius 3 is 2.53 bits per heavy atom. The topological polar surface area (TPSA) is 72.8 Å². The van der Waals surface area contributed by atoms with Crippen LogP contribution in [0.5, 0.6) is 0 Å². The summed E-state index contributed by atoms with van der Waals surface area (Å²) in [6.45, 7) is 5.18. The maximum absolute atomic E-state index is 11.3. The van der Waals surface area contributed by atoms with E-state index in [1.807, 2.05) is 0 Å². The molecule has 98 valence electrons. The summed E-state index contributed by atoms with van der Waals surface area (Å²) in [5.74, 6) is -1.19. The fourth-order valence-electron chi connectivity index (χ4n) is 1.13.